The fourth-order valence-corrected chi connectivity index (χ4v) is 3.00. The zero-order chi connectivity index (χ0) is 22.1. The van der Waals surface area contributed by atoms with Crippen molar-refractivity contribution >= 4 is 12.0 Å². The quantitative estimate of drug-likeness (QED) is 0.327. The third-order valence-electron chi connectivity index (χ3n) is 4.60. The maximum Gasteiger partial charge on any atom is 0.261 e. The lowest BCUT2D eigenvalue weighted by atomic mass is 10.1. The van der Waals surface area contributed by atoms with Gasteiger partial charge in [0.15, 0.2) is 0 Å². The van der Waals surface area contributed by atoms with Gasteiger partial charge in [0.05, 0.1) is 18.5 Å². The fraction of sp³-hybridized carbons (Fsp3) is 0.208. The lowest BCUT2D eigenvalue weighted by Gasteiger charge is -2.04. The summed E-state index contributed by atoms with van der Waals surface area (Å²) in [5.41, 5.74) is 3.06. The third kappa shape index (κ3) is 5.59. The van der Waals surface area contributed by atoms with Crippen LogP contribution in [0.25, 0.3) is 23.0 Å². The van der Waals surface area contributed by atoms with Crippen LogP contribution in [-0.4, -0.2) is 43.1 Å². The van der Waals surface area contributed by atoms with Crippen molar-refractivity contribution in [3.63, 3.8) is 0 Å². The van der Waals surface area contributed by atoms with Crippen LogP contribution < -0.4 is 10.1 Å². The highest BCUT2D eigenvalue weighted by Crippen LogP contribution is 2.27. The molecule has 3 rings (SSSR count). The molecule has 0 unspecified atom stereocenters. The minimum absolute atomic E-state index is 0.0137. The molecule has 1 aromatic heterocycles. The van der Waals surface area contributed by atoms with E-state index in [1.54, 1.807) is 25.0 Å². The summed E-state index contributed by atoms with van der Waals surface area (Å²) in [6, 6.07) is 19.1. The molecular formula is C24H24N4O3. The van der Waals surface area contributed by atoms with E-state index < -0.39 is 5.91 Å². The Bertz CT molecular complexity index is 1080. The number of ether oxygens (including phenoxy) is 2. The molecular weight excluding hydrogens is 392 g/mol. The van der Waals surface area contributed by atoms with E-state index in [-0.39, 0.29) is 5.57 Å². The average molecular weight is 416 g/mol. The highest BCUT2D eigenvalue weighted by atomic mass is 16.5. The summed E-state index contributed by atoms with van der Waals surface area (Å²) in [5, 5.41) is 17.0. The van der Waals surface area contributed by atoms with Crippen molar-refractivity contribution in [3.8, 4) is 28.8 Å². The van der Waals surface area contributed by atoms with Crippen LogP contribution in [-0.2, 0) is 9.53 Å². The van der Waals surface area contributed by atoms with Crippen molar-refractivity contribution in [1.29, 1.82) is 5.26 Å². The van der Waals surface area contributed by atoms with Gasteiger partial charge in [-0.2, -0.15) is 10.4 Å². The van der Waals surface area contributed by atoms with Crippen LogP contribution in [0.4, 0.5) is 0 Å². The van der Waals surface area contributed by atoms with E-state index in [9.17, 15) is 10.1 Å². The lowest BCUT2D eigenvalue weighted by molar-refractivity contribution is -0.117. The molecule has 0 saturated carbocycles. The number of aromatic nitrogens is 2. The van der Waals surface area contributed by atoms with Crippen molar-refractivity contribution < 1.29 is 14.3 Å². The van der Waals surface area contributed by atoms with Crippen LogP contribution in [0.5, 0.6) is 5.75 Å². The van der Waals surface area contributed by atoms with Gasteiger partial charge in [-0.25, -0.2) is 4.68 Å². The first-order valence-corrected chi connectivity index (χ1v) is 9.84. The molecule has 3 aromatic rings. The number of nitriles is 1. The molecule has 0 saturated heterocycles. The van der Waals surface area contributed by atoms with Gasteiger partial charge in [-0.05, 0) is 48.9 Å². The van der Waals surface area contributed by atoms with Gasteiger partial charge in [0.1, 0.15) is 17.4 Å². The van der Waals surface area contributed by atoms with Crippen LogP contribution >= 0.6 is 0 Å². The monoisotopic (exact) mass is 416 g/mol. The Balaban J connectivity index is 1.98. The third-order valence-corrected chi connectivity index (χ3v) is 4.60. The predicted octanol–water partition coefficient (Wildman–Crippen LogP) is 3.61. The number of methoxy groups -OCH3 is 2. The Labute approximate surface area is 181 Å². The maximum absolute atomic E-state index is 12.5. The van der Waals surface area contributed by atoms with Crippen molar-refractivity contribution in [2.45, 2.75) is 6.42 Å². The van der Waals surface area contributed by atoms with Crippen LogP contribution in [0.2, 0.25) is 0 Å². The van der Waals surface area contributed by atoms with Gasteiger partial charge in [0, 0.05) is 37.6 Å². The number of hydrogen-bond donors (Lipinski definition) is 1. The molecule has 0 aliphatic rings. The zero-order valence-corrected chi connectivity index (χ0v) is 17.5. The van der Waals surface area contributed by atoms with Gasteiger partial charge in [-0.15, -0.1) is 0 Å². The number of benzene rings is 2. The number of rotatable bonds is 9. The summed E-state index contributed by atoms with van der Waals surface area (Å²) in [7, 11) is 3.21. The predicted molar refractivity (Wildman–Crippen MR) is 119 cm³/mol. The van der Waals surface area contributed by atoms with Crippen LogP contribution in [0.15, 0.2) is 66.4 Å². The molecule has 0 radical (unpaired) electrons. The van der Waals surface area contributed by atoms with Gasteiger partial charge in [-0.3, -0.25) is 4.79 Å². The molecule has 0 aliphatic heterocycles. The van der Waals surface area contributed by atoms with E-state index in [0.29, 0.717) is 30.8 Å². The molecule has 31 heavy (non-hydrogen) atoms. The van der Waals surface area contributed by atoms with Gasteiger partial charge >= 0.3 is 0 Å². The van der Waals surface area contributed by atoms with Gasteiger partial charge < -0.3 is 14.8 Å². The maximum atomic E-state index is 12.5. The largest absolute Gasteiger partial charge is 0.497 e. The molecule has 1 N–H and O–H groups in total. The molecule has 7 nitrogen and oxygen atoms in total. The Morgan fingerprint density at radius 2 is 1.90 bits per heavy atom. The molecule has 0 fully saturated rings. The summed E-state index contributed by atoms with van der Waals surface area (Å²) < 4.78 is 11.9. The average Bonchev–Trinajstić information content (AvgIpc) is 3.24. The van der Waals surface area contributed by atoms with E-state index in [4.69, 9.17) is 14.6 Å². The van der Waals surface area contributed by atoms with Crippen molar-refractivity contribution in [1.82, 2.24) is 15.1 Å². The highest BCUT2D eigenvalue weighted by molar-refractivity contribution is 6.02. The minimum atomic E-state index is -0.424. The molecule has 1 amide bonds. The molecule has 7 heteroatoms. The number of carbonyl (C=O) groups is 1. The van der Waals surface area contributed by atoms with Gasteiger partial charge in [0.25, 0.3) is 5.91 Å². The van der Waals surface area contributed by atoms with E-state index in [2.05, 4.69) is 5.32 Å². The van der Waals surface area contributed by atoms with E-state index in [0.717, 1.165) is 17.0 Å². The molecule has 158 valence electrons. The lowest BCUT2D eigenvalue weighted by Crippen LogP contribution is -2.26. The number of hydrogen-bond acceptors (Lipinski definition) is 5. The fourth-order valence-electron chi connectivity index (χ4n) is 3.00. The van der Waals surface area contributed by atoms with Crippen LogP contribution in [0.3, 0.4) is 0 Å². The highest BCUT2D eigenvalue weighted by Gasteiger charge is 2.15. The summed E-state index contributed by atoms with van der Waals surface area (Å²) in [6.07, 6.45) is 4.05. The standard InChI is InChI=1S/C24H24N4O3/c1-30-14-6-13-26-24(29)19(16-25)15-20-17-28(21-7-4-3-5-8-21)27-23(20)18-9-11-22(31-2)12-10-18/h3-5,7-12,15,17H,6,13-14H2,1-2H3,(H,26,29)/b19-15+. The normalized spacial score (nSPS) is 11.1. The first kappa shape index (κ1) is 21.8. The molecule has 2 aromatic carbocycles. The van der Waals surface area contributed by atoms with E-state index in [1.165, 1.54) is 0 Å². The van der Waals surface area contributed by atoms with Crippen LogP contribution in [0, 0.1) is 11.3 Å². The molecule has 0 bridgehead atoms. The Kier molecular flexibility index (Phi) is 7.57. The Hall–Kier alpha value is -3.89. The summed E-state index contributed by atoms with van der Waals surface area (Å²) in [6.45, 7) is 0.970. The van der Waals surface area contributed by atoms with Crippen molar-refractivity contribution in [3.05, 3.63) is 71.9 Å². The molecule has 0 aliphatic carbocycles. The van der Waals surface area contributed by atoms with Crippen molar-refractivity contribution in [2.75, 3.05) is 27.4 Å². The summed E-state index contributed by atoms with van der Waals surface area (Å²) >= 11 is 0. The first-order valence-electron chi connectivity index (χ1n) is 9.84. The SMILES string of the molecule is COCCCNC(=O)/C(C#N)=C/c1cn(-c2ccccc2)nc1-c1ccc(OC)cc1. The number of nitrogens with one attached hydrogen (secondary N) is 1. The topological polar surface area (TPSA) is 89.2 Å². The van der Waals surface area contributed by atoms with E-state index >= 15 is 0 Å². The smallest absolute Gasteiger partial charge is 0.261 e. The number of nitrogens with zero attached hydrogens (tertiary/aromatic N) is 3. The zero-order valence-electron chi connectivity index (χ0n) is 17.5. The van der Waals surface area contributed by atoms with E-state index in [1.807, 2.05) is 66.9 Å². The molecule has 0 atom stereocenters. The number of carbonyl (C=O) groups excluding carboxylic acids is 1. The summed E-state index contributed by atoms with van der Waals surface area (Å²) in [5.74, 6) is 0.309. The molecule has 1 heterocycles. The van der Waals surface area contributed by atoms with Crippen LogP contribution in [0.1, 0.15) is 12.0 Å². The summed E-state index contributed by atoms with van der Waals surface area (Å²) in [4.78, 5) is 12.5. The Morgan fingerprint density at radius 3 is 2.55 bits per heavy atom. The second-order valence-corrected chi connectivity index (χ2v) is 6.71. The second-order valence-electron chi connectivity index (χ2n) is 6.71. The van der Waals surface area contributed by atoms with Crippen molar-refractivity contribution in [2.24, 2.45) is 0 Å². The Morgan fingerprint density at radius 1 is 1.16 bits per heavy atom. The first-order chi connectivity index (χ1) is 15.2. The molecule has 0 spiro atoms. The minimum Gasteiger partial charge on any atom is -0.497 e. The van der Waals surface area contributed by atoms with Gasteiger partial charge in [0.2, 0.25) is 0 Å². The number of amides is 1. The van der Waals surface area contributed by atoms with Gasteiger partial charge in [-0.1, -0.05) is 18.2 Å². The number of para-hydroxylation sites is 1. The second kappa shape index (κ2) is 10.8.